The molecule has 0 radical (unpaired) electrons. The van der Waals surface area contributed by atoms with E-state index in [1.165, 1.54) is 30.4 Å². The highest BCUT2D eigenvalue weighted by atomic mass is 16.5. The number of hydrogen-bond acceptors (Lipinski definition) is 5. The number of oxazole rings is 1. The summed E-state index contributed by atoms with van der Waals surface area (Å²) in [6.07, 6.45) is 8.44. The van der Waals surface area contributed by atoms with Gasteiger partial charge in [-0.05, 0) is 44.0 Å². The molecule has 37 heavy (non-hydrogen) atoms. The van der Waals surface area contributed by atoms with E-state index in [1.807, 2.05) is 55.5 Å². The minimum atomic E-state index is -0.931. The van der Waals surface area contributed by atoms with E-state index in [2.05, 4.69) is 37.8 Å². The summed E-state index contributed by atoms with van der Waals surface area (Å²) < 4.78 is 13.2. The van der Waals surface area contributed by atoms with Crippen LogP contribution in [0.2, 0.25) is 0 Å². The van der Waals surface area contributed by atoms with Gasteiger partial charge in [-0.15, -0.1) is 0 Å². The number of nitrogens with zero attached hydrogens (tertiary/aromatic N) is 3. The maximum Gasteiger partial charge on any atom is 0.325 e. The number of aromatic nitrogens is 3. The molecule has 4 aromatic rings. The molecule has 7 heteroatoms. The zero-order chi connectivity index (χ0) is 27.0. The van der Waals surface area contributed by atoms with Gasteiger partial charge < -0.3 is 14.3 Å². The van der Waals surface area contributed by atoms with Crippen LogP contribution in [0.1, 0.15) is 71.3 Å². The van der Waals surface area contributed by atoms with E-state index >= 15 is 0 Å². The molecule has 7 nitrogen and oxygen atoms in total. The number of rotatable bonds is 10. The largest absolute Gasteiger partial charge is 0.493 e. The highest BCUT2D eigenvalue weighted by Gasteiger charge is 2.12. The Bertz CT molecular complexity index is 1190. The summed E-state index contributed by atoms with van der Waals surface area (Å²) >= 11 is 0. The van der Waals surface area contributed by atoms with E-state index in [0.29, 0.717) is 18.2 Å². The fourth-order valence-electron chi connectivity index (χ4n) is 3.24. The maximum absolute atomic E-state index is 11.0. The number of carboxylic acid groups (broad SMARTS) is 1. The van der Waals surface area contributed by atoms with Crippen LogP contribution in [0.5, 0.6) is 5.75 Å². The third kappa shape index (κ3) is 9.41. The first kappa shape index (κ1) is 29.6. The van der Waals surface area contributed by atoms with Gasteiger partial charge in [-0.2, -0.15) is 5.10 Å². The van der Waals surface area contributed by atoms with Crippen LogP contribution in [0.25, 0.3) is 22.4 Å². The summed E-state index contributed by atoms with van der Waals surface area (Å²) in [6.45, 7) is 11.0. The lowest BCUT2D eigenvalue weighted by Gasteiger charge is -2.07. The molecule has 0 spiro atoms. The van der Waals surface area contributed by atoms with Crippen molar-refractivity contribution in [3.05, 3.63) is 66.2 Å². The molecule has 0 aliphatic rings. The van der Waals surface area contributed by atoms with Crippen molar-refractivity contribution in [2.75, 3.05) is 6.61 Å². The Morgan fingerprint density at radius 2 is 1.65 bits per heavy atom. The van der Waals surface area contributed by atoms with E-state index in [1.54, 1.807) is 6.20 Å². The Labute approximate surface area is 220 Å². The molecular weight excluding hydrogens is 466 g/mol. The lowest BCUT2D eigenvalue weighted by atomic mass is 10.2. The van der Waals surface area contributed by atoms with Crippen molar-refractivity contribution < 1.29 is 19.1 Å². The molecule has 2 heterocycles. The van der Waals surface area contributed by atoms with Crippen LogP contribution < -0.4 is 4.74 Å². The monoisotopic (exact) mass is 507 g/mol. The van der Waals surface area contributed by atoms with Gasteiger partial charge in [0.05, 0.1) is 29.4 Å². The molecule has 0 atom stereocenters. The normalized spacial score (nSPS) is 10.3. The second kappa shape index (κ2) is 16.2. The summed E-state index contributed by atoms with van der Waals surface area (Å²) in [4.78, 5) is 15.6. The van der Waals surface area contributed by atoms with Crippen molar-refractivity contribution in [3.63, 3.8) is 0 Å². The average molecular weight is 508 g/mol. The van der Waals surface area contributed by atoms with Gasteiger partial charge in [0, 0.05) is 5.56 Å². The first-order chi connectivity index (χ1) is 17.9. The third-order valence-corrected chi connectivity index (χ3v) is 5.66. The number of carboxylic acids is 1. The van der Waals surface area contributed by atoms with Crippen LogP contribution in [-0.2, 0) is 17.8 Å². The molecule has 2 aromatic heterocycles. The molecule has 0 aliphatic carbocycles. The first-order valence-electron chi connectivity index (χ1n) is 13.3. The first-order valence-corrected chi connectivity index (χ1v) is 13.3. The molecule has 0 saturated heterocycles. The number of hydrogen-bond donors (Lipinski definition) is 1. The maximum atomic E-state index is 11.0. The zero-order valence-electron chi connectivity index (χ0n) is 22.9. The molecule has 200 valence electrons. The van der Waals surface area contributed by atoms with E-state index in [9.17, 15) is 4.79 Å². The minimum Gasteiger partial charge on any atom is -0.493 e. The Morgan fingerprint density at radius 3 is 2.27 bits per heavy atom. The van der Waals surface area contributed by atoms with Crippen LogP contribution >= 0.6 is 0 Å². The van der Waals surface area contributed by atoms with Crippen LogP contribution in [0.15, 0.2) is 59.1 Å². The smallest absolute Gasteiger partial charge is 0.325 e. The number of aliphatic carboxylic acids is 1. The number of ether oxygens (including phenoxy) is 1. The molecular formula is C30H41N3O4. The SMILES string of the molecule is CCCC.CCCC.Cc1oc(-c2ccccc2)nc1CCCOc1cccc2c1cnn2CC(=O)O. The van der Waals surface area contributed by atoms with Crippen LogP contribution in [0.3, 0.4) is 0 Å². The van der Waals surface area contributed by atoms with Gasteiger partial charge in [-0.3, -0.25) is 9.48 Å². The third-order valence-electron chi connectivity index (χ3n) is 5.66. The van der Waals surface area contributed by atoms with Crippen molar-refractivity contribution in [1.29, 1.82) is 0 Å². The predicted molar refractivity (Wildman–Crippen MR) is 149 cm³/mol. The fraction of sp³-hybridized carbons (Fsp3) is 0.433. The Morgan fingerprint density at radius 1 is 0.973 bits per heavy atom. The molecule has 0 bridgehead atoms. The van der Waals surface area contributed by atoms with Gasteiger partial charge in [0.2, 0.25) is 5.89 Å². The van der Waals surface area contributed by atoms with Gasteiger partial charge in [0.15, 0.2) is 0 Å². The fourth-order valence-corrected chi connectivity index (χ4v) is 3.24. The summed E-state index contributed by atoms with van der Waals surface area (Å²) in [5.41, 5.74) is 2.63. The van der Waals surface area contributed by atoms with Crippen molar-refractivity contribution in [2.45, 2.75) is 79.7 Å². The molecule has 4 rings (SSSR count). The second-order valence-electron chi connectivity index (χ2n) is 8.72. The second-order valence-corrected chi connectivity index (χ2v) is 8.72. The Balaban J connectivity index is 0.000000530. The zero-order valence-corrected chi connectivity index (χ0v) is 22.9. The molecule has 2 aromatic carbocycles. The number of carbonyl (C=O) groups is 1. The Hall–Kier alpha value is -3.61. The summed E-state index contributed by atoms with van der Waals surface area (Å²) in [7, 11) is 0. The van der Waals surface area contributed by atoms with Crippen molar-refractivity contribution in [2.24, 2.45) is 0 Å². The highest BCUT2D eigenvalue weighted by molar-refractivity contribution is 5.86. The standard InChI is InChI=1S/C22H21N3O4.2C4H10/c1-15-18(24-22(29-15)16-7-3-2-4-8-16)9-6-12-28-20-11-5-10-19-17(20)13-23-25(19)14-21(26)27;2*1-3-4-2/h2-5,7-8,10-11,13H,6,9,12,14H2,1H3,(H,26,27);2*3-4H2,1-2H3. The van der Waals surface area contributed by atoms with Gasteiger partial charge in [0.1, 0.15) is 18.1 Å². The van der Waals surface area contributed by atoms with E-state index < -0.39 is 5.97 Å². The average Bonchev–Trinajstić information content (AvgIpc) is 3.50. The lowest BCUT2D eigenvalue weighted by molar-refractivity contribution is -0.137. The topological polar surface area (TPSA) is 90.4 Å². The molecule has 1 N–H and O–H groups in total. The summed E-state index contributed by atoms with van der Waals surface area (Å²) in [5.74, 6) is 1.22. The minimum absolute atomic E-state index is 0.178. The van der Waals surface area contributed by atoms with Gasteiger partial charge in [-0.1, -0.05) is 77.6 Å². The number of benzene rings is 2. The van der Waals surface area contributed by atoms with Gasteiger partial charge >= 0.3 is 5.97 Å². The number of aryl methyl sites for hydroxylation is 2. The van der Waals surface area contributed by atoms with Crippen LogP contribution in [0.4, 0.5) is 0 Å². The van der Waals surface area contributed by atoms with Gasteiger partial charge in [0.25, 0.3) is 0 Å². The van der Waals surface area contributed by atoms with Crippen LogP contribution in [-0.4, -0.2) is 32.4 Å². The van der Waals surface area contributed by atoms with E-state index in [4.69, 9.17) is 14.3 Å². The van der Waals surface area contributed by atoms with Crippen molar-refractivity contribution in [1.82, 2.24) is 14.8 Å². The lowest BCUT2D eigenvalue weighted by Crippen LogP contribution is -2.09. The molecule has 0 fully saturated rings. The van der Waals surface area contributed by atoms with E-state index in [-0.39, 0.29) is 6.54 Å². The number of unbranched alkanes of at least 4 members (excludes halogenated alkanes) is 2. The van der Waals surface area contributed by atoms with E-state index in [0.717, 1.165) is 40.8 Å². The molecule has 0 aliphatic heterocycles. The quantitative estimate of drug-likeness (QED) is 0.221. The molecule has 0 unspecified atom stereocenters. The molecule has 0 amide bonds. The van der Waals surface area contributed by atoms with Crippen molar-refractivity contribution in [3.8, 4) is 17.2 Å². The Kier molecular flexibility index (Phi) is 13.0. The highest BCUT2D eigenvalue weighted by Crippen LogP contribution is 2.26. The number of fused-ring (bicyclic) bond motifs is 1. The van der Waals surface area contributed by atoms with Crippen molar-refractivity contribution >= 4 is 16.9 Å². The predicted octanol–water partition coefficient (Wildman–Crippen LogP) is 7.71. The van der Waals surface area contributed by atoms with Crippen LogP contribution in [0, 0.1) is 6.92 Å². The van der Waals surface area contributed by atoms with Gasteiger partial charge in [-0.25, -0.2) is 4.98 Å². The summed E-state index contributed by atoms with van der Waals surface area (Å²) in [5, 5.41) is 13.9. The molecule has 0 saturated carbocycles. The summed E-state index contributed by atoms with van der Waals surface area (Å²) in [6, 6.07) is 15.4.